The lowest BCUT2D eigenvalue weighted by atomic mass is 10.1. The average Bonchev–Trinajstić information content (AvgIpc) is 2.27. The topological polar surface area (TPSA) is 40.6 Å². The highest BCUT2D eigenvalue weighted by Crippen LogP contribution is 1.96. The predicted molar refractivity (Wildman–Crippen MR) is 69.8 cm³/mol. The zero-order chi connectivity index (χ0) is 13.4. The standard InChI is InChI=1S/C13H24N2O2/c1-6-15(5)13(17)10-14(4)9-7-8-12(16)11(2)3/h7-8,11H,6,9-10H2,1-5H3/b8-7+. The van der Waals surface area contributed by atoms with Crippen molar-refractivity contribution >= 4 is 11.7 Å². The monoisotopic (exact) mass is 240 g/mol. The summed E-state index contributed by atoms with van der Waals surface area (Å²) in [6, 6.07) is 0. The number of hydrogen-bond donors (Lipinski definition) is 0. The van der Waals surface area contributed by atoms with Crippen LogP contribution in [0.5, 0.6) is 0 Å². The first-order valence-corrected chi connectivity index (χ1v) is 6.01. The number of likely N-dealkylation sites (N-methyl/N-ethyl adjacent to an activating group) is 2. The van der Waals surface area contributed by atoms with E-state index in [1.807, 2.05) is 38.8 Å². The van der Waals surface area contributed by atoms with Crippen LogP contribution in [0.15, 0.2) is 12.2 Å². The summed E-state index contributed by atoms with van der Waals surface area (Å²) in [7, 11) is 3.65. The number of ketones is 1. The van der Waals surface area contributed by atoms with Gasteiger partial charge in [-0.3, -0.25) is 14.5 Å². The first-order chi connectivity index (χ1) is 7.88. The molecule has 0 saturated heterocycles. The van der Waals surface area contributed by atoms with Gasteiger partial charge in [0.05, 0.1) is 6.54 Å². The minimum Gasteiger partial charge on any atom is -0.345 e. The largest absolute Gasteiger partial charge is 0.345 e. The fraction of sp³-hybridized carbons (Fsp3) is 0.692. The van der Waals surface area contributed by atoms with Gasteiger partial charge in [0.1, 0.15) is 0 Å². The number of allylic oxidation sites excluding steroid dienone is 1. The number of carbonyl (C=O) groups excluding carboxylic acids is 2. The minimum absolute atomic E-state index is 0.0319. The highest BCUT2D eigenvalue weighted by Gasteiger charge is 2.09. The predicted octanol–water partition coefficient (Wildman–Crippen LogP) is 1.18. The van der Waals surface area contributed by atoms with Gasteiger partial charge in [0.15, 0.2) is 5.78 Å². The van der Waals surface area contributed by atoms with Crippen LogP contribution >= 0.6 is 0 Å². The summed E-state index contributed by atoms with van der Waals surface area (Å²) < 4.78 is 0. The molecule has 0 radical (unpaired) electrons. The third-order valence-corrected chi connectivity index (χ3v) is 2.57. The SMILES string of the molecule is CCN(C)C(=O)CN(C)C/C=C/C(=O)C(C)C. The lowest BCUT2D eigenvalue weighted by molar-refractivity contribution is -0.130. The van der Waals surface area contributed by atoms with Gasteiger partial charge in [-0.15, -0.1) is 0 Å². The fourth-order valence-electron chi connectivity index (χ4n) is 1.13. The van der Waals surface area contributed by atoms with Gasteiger partial charge in [-0.05, 0) is 20.0 Å². The van der Waals surface area contributed by atoms with Crippen LogP contribution in [0.2, 0.25) is 0 Å². The molecule has 0 aromatic rings. The molecular weight excluding hydrogens is 216 g/mol. The van der Waals surface area contributed by atoms with E-state index < -0.39 is 0 Å². The van der Waals surface area contributed by atoms with Gasteiger partial charge < -0.3 is 4.90 Å². The van der Waals surface area contributed by atoms with Crippen molar-refractivity contribution in [3.8, 4) is 0 Å². The summed E-state index contributed by atoms with van der Waals surface area (Å²) >= 11 is 0. The first kappa shape index (κ1) is 15.8. The van der Waals surface area contributed by atoms with Gasteiger partial charge in [-0.25, -0.2) is 0 Å². The molecule has 0 aromatic carbocycles. The van der Waals surface area contributed by atoms with Crippen molar-refractivity contribution in [2.24, 2.45) is 5.92 Å². The number of amides is 1. The molecule has 0 fully saturated rings. The van der Waals surface area contributed by atoms with E-state index >= 15 is 0 Å². The zero-order valence-corrected chi connectivity index (χ0v) is 11.6. The van der Waals surface area contributed by atoms with E-state index in [1.54, 1.807) is 18.0 Å². The van der Waals surface area contributed by atoms with Gasteiger partial charge in [0, 0.05) is 26.1 Å². The van der Waals surface area contributed by atoms with E-state index in [-0.39, 0.29) is 17.6 Å². The molecule has 0 heterocycles. The van der Waals surface area contributed by atoms with Crippen LogP contribution in [0, 0.1) is 5.92 Å². The molecule has 4 nitrogen and oxygen atoms in total. The quantitative estimate of drug-likeness (QED) is 0.627. The van der Waals surface area contributed by atoms with E-state index in [0.717, 1.165) is 0 Å². The molecule has 0 atom stereocenters. The maximum absolute atomic E-state index is 11.6. The van der Waals surface area contributed by atoms with E-state index in [1.165, 1.54) is 0 Å². The Morgan fingerprint density at radius 2 is 1.82 bits per heavy atom. The van der Waals surface area contributed by atoms with Crippen LogP contribution in [0.1, 0.15) is 20.8 Å². The Morgan fingerprint density at radius 1 is 1.24 bits per heavy atom. The van der Waals surface area contributed by atoms with Gasteiger partial charge >= 0.3 is 0 Å². The van der Waals surface area contributed by atoms with Crippen molar-refractivity contribution in [1.29, 1.82) is 0 Å². The molecule has 0 bridgehead atoms. The van der Waals surface area contributed by atoms with Crippen molar-refractivity contribution in [2.75, 3.05) is 33.7 Å². The van der Waals surface area contributed by atoms with Crippen molar-refractivity contribution in [3.05, 3.63) is 12.2 Å². The molecule has 0 aliphatic carbocycles. The van der Waals surface area contributed by atoms with Crippen LogP contribution in [0.25, 0.3) is 0 Å². The fourth-order valence-corrected chi connectivity index (χ4v) is 1.13. The maximum Gasteiger partial charge on any atom is 0.236 e. The molecule has 0 aliphatic heterocycles. The van der Waals surface area contributed by atoms with Gasteiger partial charge in [0.25, 0.3) is 0 Å². The molecule has 17 heavy (non-hydrogen) atoms. The molecule has 0 aliphatic rings. The van der Waals surface area contributed by atoms with Crippen molar-refractivity contribution in [1.82, 2.24) is 9.80 Å². The summed E-state index contributed by atoms with van der Waals surface area (Å²) in [4.78, 5) is 26.5. The van der Waals surface area contributed by atoms with Crippen LogP contribution < -0.4 is 0 Å². The molecule has 0 N–H and O–H groups in total. The molecular formula is C13H24N2O2. The Hall–Kier alpha value is -1.16. The van der Waals surface area contributed by atoms with E-state index in [2.05, 4.69) is 0 Å². The third-order valence-electron chi connectivity index (χ3n) is 2.57. The Balaban J connectivity index is 3.99. The number of rotatable bonds is 7. The Kier molecular flexibility index (Phi) is 7.46. The van der Waals surface area contributed by atoms with Crippen LogP contribution in [0.4, 0.5) is 0 Å². The van der Waals surface area contributed by atoms with Crippen LogP contribution in [-0.2, 0) is 9.59 Å². The van der Waals surface area contributed by atoms with E-state index in [0.29, 0.717) is 19.6 Å². The molecule has 0 saturated carbocycles. The Morgan fingerprint density at radius 3 is 2.29 bits per heavy atom. The molecule has 0 rings (SSSR count). The van der Waals surface area contributed by atoms with Gasteiger partial charge in [0.2, 0.25) is 5.91 Å². The van der Waals surface area contributed by atoms with E-state index in [4.69, 9.17) is 0 Å². The van der Waals surface area contributed by atoms with Crippen LogP contribution in [-0.4, -0.2) is 55.2 Å². The molecule has 0 unspecified atom stereocenters. The number of hydrogen-bond acceptors (Lipinski definition) is 3. The van der Waals surface area contributed by atoms with Crippen molar-refractivity contribution < 1.29 is 9.59 Å². The minimum atomic E-state index is 0.0319. The maximum atomic E-state index is 11.6. The molecule has 0 aromatic heterocycles. The van der Waals surface area contributed by atoms with E-state index in [9.17, 15) is 9.59 Å². The second kappa shape index (κ2) is 8.01. The number of carbonyl (C=O) groups is 2. The molecule has 0 spiro atoms. The summed E-state index contributed by atoms with van der Waals surface area (Å²) in [6.07, 6.45) is 3.40. The lowest BCUT2D eigenvalue weighted by Gasteiger charge is -2.19. The smallest absolute Gasteiger partial charge is 0.236 e. The first-order valence-electron chi connectivity index (χ1n) is 6.01. The Labute approximate surface area is 104 Å². The lowest BCUT2D eigenvalue weighted by Crippen LogP contribution is -2.36. The molecule has 1 amide bonds. The Bertz CT molecular complexity index is 285. The third kappa shape index (κ3) is 6.89. The normalized spacial score (nSPS) is 11.5. The van der Waals surface area contributed by atoms with Crippen molar-refractivity contribution in [2.45, 2.75) is 20.8 Å². The highest BCUT2D eigenvalue weighted by atomic mass is 16.2. The second-order valence-electron chi connectivity index (χ2n) is 4.56. The number of nitrogens with zero attached hydrogens (tertiary/aromatic N) is 2. The van der Waals surface area contributed by atoms with Gasteiger partial charge in [-0.2, -0.15) is 0 Å². The summed E-state index contributed by atoms with van der Waals surface area (Å²) in [5.41, 5.74) is 0. The summed E-state index contributed by atoms with van der Waals surface area (Å²) in [5, 5.41) is 0. The molecule has 4 heteroatoms. The summed E-state index contributed by atoms with van der Waals surface area (Å²) in [6.45, 7) is 7.39. The molecule has 98 valence electrons. The second-order valence-corrected chi connectivity index (χ2v) is 4.56. The zero-order valence-electron chi connectivity index (χ0n) is 11.6. The van der Waals surface area contributed by atoms with Gasteiger partial charge in [-0.1, -0.05) is 19.9 Å². The summed E-state index contributed by atoms with van der Waals surface area (Å²) in [5.74, 6) is 0.249. The average molecular weight is 240 g/mol. The highest BCUT2D eigenvalue weighted by molar-refractivity contribution is 5.91. The van der Waals surface area contributed by atoms with Crippen LogP contribution in [0.3, 0.4) is 0 Å². The van der Waals surface area contributed by atoms with Crippen molar-refractivity contribution in [3.63, 3.8) is 0 Å².